The molecule has 1 aliphatic heterocycles. The second-order valence-electron chi connectivity index (χ2n) is 11.2. The Morgan fingerprint density at radius 2 is 1.72 bits per heavy atom. The minimum Gasteiger partial charge on any atom is -0.480 e. The Hall–Kier alpha value is -3.41. The number of carbonyl (C=O) groups excluding carboxylic acids is 1. The Bertz CT molecular complexity index is 1520. The van der Waals surface area contributed by atoms with Crippen molar-refractivity contribution in [2.75, 3.05) is 25.0 Å². The lowest BCUT2D eigenvalue weighted by Crippen LogP contribution is -2.42. The fraction of sp³-hybridized carbons (Fsp3) is 0.438. The van der Waals surface area contributed by atoms with Gasteiger partial charge in [0.1, 0.15) is 11.9 Å². The van der Waals surface area contributed by atoms with Gasteiger partial charge in [-0.05, 0) is 68.7 Å². The smallest absolute Gasteiger partial charge is 0.349 e. The van der Waals surface area contributed by atoms with E-state index in [1.807, 2.05) is 54.6 Å². The van der Waals surface area contributed by atoms with Gasteiger partial charge in [-0.25, -0.2) is 22.3 Å². The molecule has 0 unspecified atom stereocenters. The van der Waals surface area contributed by atoms with Gasteiger partial charge in [0.2, 0.25) is 10.0 Å². The van der Waals surface area contributed by atoms with Gasteiger partial charge in [-0.1, -0.05) is 48.9 Å². The van der Waals surface area contributed by atoms with Gasteiger partial charge in [0.25, 0.3) is 0 Å². The van der Waals surface area contributed by atoms with Crippen molar-refractivity contribution in [1.29, 1.82) is 0 Å². The molecule has 3 aromatic rings. The summed E-state index contributed by atoms with van der Waals surface area (Å²) in [5.41, 5.74) is 3.13. The maximum Gasteiger partial charge on any atom is 0.349 e. The molecular weight excluding hydrogens is 588 g/mol. The normalized spacial score (nSPS) is 17.0. The lowest BCUT2D eigenvalue weighted by Gasteiger charge is -2.32. The SMILES string of the molecule is Cc1c(-c2cccc(NC3CCN(S(=O)(=O)Cc4ccccc4)CC3)c2)sc(C(=O)O)c1OCC(=O)OC1CCCCC1. The topological polar surface area (TPSA) is 122 Å². The van der Waals surface area contributed by atoms with Crippen molar-refractivity contribution in [1.82, 2.24) is 4.31 Å². The number of nitrogens with zero attached hydrogens (tertiary/aromatic N) is 1. The number of carboxylic acids is 1. The lowest BCUT2D eigenvalue weighted by molar-refractivity contribution is -0.152. The molecule has 0 bridgehead atoms. The van der Waals surface area contributed by atoms with Crippen molar-refractivity contribution in [2.45, 2.75) is 69.8 Å². The molecule has 230 valence electrons. The summed E-state index contributed by atoms with van der Waals surface area (Å²) in [5.74, 6) is -1.41. The number of nitrogens with one attached hydrogen (secondary N) is 1. The number of aromatic carboxylic acids is 1. The first kappa shape index (κ1) is 31.0. The number of esters is 1. The van der Waals surface area contributed by atoms with E-state index >= 15 is 0 Å². The fourth-order valence-corrected chi connectivity index (χ4v) is 8.41. The zero-order valence-corrected chi connectivity index (χ0v) is 25.9. The minimum atomic E-state index is -3.39. The number of carbonyl (C=O) groups is 2. The molecule has 5 rings (SSSR count). The summed E-state index contributed by atoms with van der Waals surface area (Å²) < 4.78 is 38.7. The third-order valence-electron chi connectivity index (χ3n) is 8.01. The molecule has 2 N–H and O–H groups in total. The molecule has 0 radical (unpaired) electrons. The van der Waals surface area contributed by atoms with Crippen LogP contribution in [0.1, 0.15) is 65.7 Å². The average Bonchev–Trinajstić information content (AvgIpc) is 3.33. The van der Waals surface area contributed by atoms with Gasteiger partial charge in [0.15, 0.2) is 11.5 Å². The Morgan fingerprint density at radius 1 is 1.00 bits per heavy atom. The van der Waals surface area contributed by atoms with Crippen LogP contribution in [0.3, 0.4) is 0 Å². The van der Waals surface area contributed by atoms with Crippen LogP contribution < -0.4 is 10.1 Å². The molecule has 1 aliphatic carbocycles. The van der Waals surface area contributed by atoms with Crippen LogP contribution >= 0.6 is 11.3 Å². The van der Waals surface area contributed by atoms with Gasteiger partial charge >= 0.3 is 11.9 Å². The largest absolute Gasteiger partial charge is 0.480 e. The Balaban J connectivity index is 1.21. The van der Waals surface area contributed by atoms with Crippen LogP contribution in [0.15, 0.2) is 54.6 Å². The molecule has 0 spiro atoms. The van der Waals surface area contributed by atoms with Crippen molar-refractivity contribution >= 4 is 39.0 Å². The van der Waals surface area contributed by atoms with Crippen LogP contribution in [0.25, 0.3) is 10.4 Å². The predicted octanol–water partition coefficient (Wildman–Crippen LogP) is 6.08. The summed E-state index contributed by atoms with van der Waals surface area (Å²) in [7, 11) is -3.39. The highest BCUT2D eigenvalue weighted by molar-refractivity contribution is 7.88. The van der Waals surface area contributed by atoms with Crippen molar-refractivity contribution in [3.63, 3.8) is 0 Å². The average molecular weight is 627 g/mol. The number of rotatable bonds is 11. The number of thiophene rings is 1. The van der Waals surface area contributed by atoms with E-state index in [0.717, 1.165) is 65.1 Å². The van der Waals surface area contributed by atoms with Crippen LogP contribution in [-0.4, -0.2) is 61.6 Å². The first-order chi connectivity index (χ1) is 20.7. The van der Waals surface area contributed by atoms with E-state index in [1.165, 1.54) is 0 Å². The summed E-state index contributed by atoms with van der Waals surface area (Å²) >= 11 is 1.12. The standard InChI is InChI=1S/C32H38N2O7S2/c1-22-29(40-20-28(35)41-27-13-6-3-7-14-27)31(32(36)37)42-30(22)24-11-8-12-26(19-24)33-25-15-17-34(18-16-25)43(38,39)21-23-9-4-2-5-10-23/h2,4-5,8-12,19,25,27,33H,3,6-7,13-18,20-21H2,1H3,(H,36,37). The summed E-state index contributed by atoms with van der Waals surface area (Å²) in [6.45, 7) is 2.35. The number of hydrogen-bond donors (Lipinski definition) is 2. The number of sulfonamides is 1. The number of hydrogen-bond acceptors (Lipinski definition) is 8. The van der Waals surface area contributed by atoms with Crippen LogP contribution in [0.4, 0.5) is 5.69 Å². The van der Waals surface area contributed by atoms with Crippen molar-refractivity contribution in [3.05, 3.63) is 70.6 Å². The lowest BCUT2D eigenvalue weighted by atomic mass is 9.98. The molecule has 1 aromatic heterocycles. The summed E-state index contributed by atoms with van der Waals surface area (Å²) in [5, 5.41) is 13.4. The van der Waals surface area contributed by atoms with E-state index in [4.69, 9.17) is 9.47 Å². The van der Waals surface area contributed by atoms with Gasteiger partial charge in [0, 0.05) is 35.3 Å². The Labute approximate surface area is 256 Å². The van der Waals surface area contributed by atoms with Gasteiger partial charge in [0.05, 0.1) is 5.75 Å². The summed E-state index contributed by atoms with van der Waals surface area (Å²) in [6, 6.07) is 17.0. The van der Waals surface area contributed by atoms with Crippen molar-refractivity contribution < 1.29 is 32.6 Å². The number of carboxylic acid groups (broad SMARTS) is 1. The highest BCUT2D eigenvalue weighted by Gasteiger charge is 2.29. The number of anilines is 1. The maximum atomic E-state index is 12.9. The van der Waals surface area contributed by atoms with Crippen LogP contribution in [0.5, 0.6) is 5.75 Å². The molecule has 0 amide bonds. The monoisotopic (exact) mass is 626 g/mol. The Kier molecular flexibility index (Phi) is 10.0. The molecule has 1 saturated heterocycles. The molecule has 2 heterocycles. The Morgan fingerprint density at radius 3 is 2.42 bits per heavy atom. The van der Waals surface area contributed by atoms with Crippen LogP contribution in [-0.2, 0) is 25.3 Å². The predicted molar refractivity (Wildman–Crippen MR) is 167 cm³/mol. The first-order valence-corrected chi connectivity index (χ1v) is 17.2. The first-order valence-electron chi connectivity index (χ1n) is 14.8. The zero-order valence-electron chi connectivity index (χ0n) is 24.3. The quantitative estimate of drug-likeness (QED) is 0.246. The summed E-state index contributed by atoms with van der Waals surface area (Å²) in [6.07, 6.45) is 6.19. The molecule has 43 heavy (non-hydrogen) atoms. The number of piperidine rings is 1. The van der Waals surface area contributed by atoms with Crippen LogP contribution in [0, 0.1) is 6.92 Å². The van der Waals surface area contributed by atoms with Gasteiger partial charge in [-0.3, -0.25) is 0 Å². The van der Waals surface area contributed by atoms with Gasteiger partial charge in [-0.15, -0.1) is 11.3 Å². The second-order valence-corrected chi connectivity index (χ2v) is 14.2. The van der Waals surface area contributed by atoms with Crippen LogP contribution in [0.2, 0.25) is 0 Å². The maximum absolute atomic E-state index is 12.9. The molecule has 0 atom stereocenters. The number of benzene rings is 2. The third-order valence-corrected chi connectivity index (χ3v) is 11.2. The van der Waals surface area contributed by atoms with Gasteiger partial charge in [-0.2, -0.15) is 0 Å². The van der Waals surface area contributed by atoms with E-state index in [0.29, 0.717) is 31.5 Å². The highest BCUT2D eigenvalue weighted by Crippen LogP contribution is 2.42. The molecule has 2 aliphatic rings. The third kappa shape index (κ3) is 7.95. The van der Waals surface area contributed by atoms with Crippen molar-refractivity contribution in [3.8, 4) is 16.2 Å². The van der Waals surface area contributed by atoms with E-state index < -0.39 is 22.0 Å². The molecule has 11 heteroatoms. The zero-order chi connectivity index (χ0) is 30.4. The number of ether oxygens (including phenoxy) is 2. The molecule has 9 nitrogen and oxygen atoms in total. The fourth-order valence-electron chi connectivity index (χ4n) is 5.76. The molecule has 2 fully saturated rings. The van der Waals surface area contributed by atoms with E-state index in [-0.39, 0.29) is 35.1 Å². The summed E-state index contributed by atoms with van der Waals surface area (Å²) in [4.78, 5) is 25.3. The molecule has 1 saturated carbocycles. The van der Waals surface area contributed by atoms with E-state index in [9.17, 15) is 23.1 Å². The van der Waals surface area contributed by atoms with E-state index in [2.05, 4.69) is 5.32 Å². The van der Waals surface area contributed by atoms with E-state index in [1.54, 1.807) is 11.2 Å². The van der Waals surface area contributed by atoms with Gasteiger partial charge < -0.3 is 19.9 Å². The van der Waals surface area contributed by atoms with Crippen molar-refractivity contribution in [2.24, 2.45) is 0 Å². The molecular formula is C32H38N2O7S2. The molecule has 2 aromatic carbocycles. The highest BCUT2D eigenvalue weighted by atomic mass is 32.2. The minimum absolute atomic E-state index is 0.000117. The second kappa shape index (κ2) is 13.9.